The molecule has 0 radical (unpaired) electrons. The van der Waals surface area contributed by atoms with E-state index in [1.54, 1.807) is 18.7 Å². The van der Waals surface area contributed by atoms with Crippen LogP contribution in [0.1, 0.15) is 61.7 Å². The van der Waals surface area contributed by atoms with Crippen LogP contribution in [0.3, 0.4) is 0 Å². The maximum atomic E-state index is 14.8. The van der Waals surface area contributed by atoms with Gasteiger partial charge in [-0.25, -0.2) is 23.1 Å². The van der Waals surface area contributed by atoms with Crippen molar-refractivity contribution in [1.29, 1.82) is 0 Å². The van der Waals surface area contributed by atoms with Gasteiger partial charge in [0.15, 0.2) is 5.49 Å². The van der Waals surface area contributed by atoms with E-state index in [1.165, 1.54) is 19.1 Å². The number of likely N-dealkylation sites (tertiary alicyclic amines) is 1. The fourth-order valence-corrected chi connectivity index (χ4v) is 5.27. The summed E-state index contributed by atoms with van der Waals surface area (Å²) in [6.07, 6.45) is -2.19. The predicted molar refractivity (Wildman–Crippen MR) is 131 cm³/mol. The van der Waals surface area contributed by atoms with Gasteiger partial charge in [0.1, 0.15) is 23.3 Å². The number of carbonyl (C=O) groups excluding carboxylic acids is 1. The summed E-state index contributed by atoms with van der Waals surface area (Å²) in [5.74, 6) is 0.840. The average molecular weight is 515 g/mol. The van der Waals surface area contributed by atoms with Crippen molar-refractivity contribution in [1.82, 2.24) is 19.4 Å². The van der Waals surface area contributed by atoms with E-state index in [2.05, 4.69) is 20.3 Å². The Labute approximate surface area is 212 Å². The van der Waals surface area contributed by atoms with Gasteiger partial charge in [0.25, 0.3) is 6.43 Å². The number of halogens is 3. The molecule has 0 aliphatic carbocycles. The van der Waals surface area contributed by atoms with E-state index in [0.717, 1.165) is 11.9 Å². The number of hydrogen-bond acceptors (Lipinski definition) is 6. The van der Waals surface area contributed by atoms with Crippen molar-refractivity contribution >= 4 is 11.7 Å². The van der Waals surface area contributed by atoms with Gasteiger partial charge in [-0.15, -0.1) is 0 Å². The van der Waals surface area contributed by atoms with E-state index >= 15 is 0 Å². The van der Waals surface area contributed by atoms with Crippen molar-refractivity contribution in [2.24, 2.45) is 4.99 Å². The lowest BCUT2D eigenvalue weighted by Crippen LogP contribution is -2.45. The van der Waals surface area contributed by atoms with Crippen LogP contribution in [0.5, 0.6) is 0 Å². The van der Waals surface area contributed by atoms with Crippen molar-refractivity contribution < 1.29 is 23.1 Å². The zero-order valence-corrected chi connectivity index (χ0v) is 20.9. The molecule has 1 aromatic rings. The first-order valence-electron chi connectivity index (χ1n) is 12.3. The van der Waals surface area contributed by atoms with Gasteiger partial charge < -0.3 is 19.9 Å². The monoisotopic (exact) mass is 514 g/mol. The maximum absolute atomic E-state index is 14.8. The number of alkyl halides is 2. The topological polar surface area (TPSA) is 95.6 Å². The zero-order chi connectivity index (χ0) is 26.5. The molecule has 1 fully saturated rings. The smallest absolute Gasteiger partial charge is 0.266 e. The molecule has 4 aliphatic heterocycles. The van der Waals surface area contributed by atoms with Crippen LogP contribution in [0.2, 0.25) is 0 Å². The van der Waals surface area contributed by atoms with Gasteiger partial charge in [-0.1, -0.05) is 18.2 Å². The van der Waals surface area contributed by atoms with Crippen LogP contribution >= 0.6 is 0 Å². The number of amides is 1. The largest absolute Gasteiger partial charge is 0.385 e. The molecule has 2 N–H and O–H groups in total. The number of aromatic nitrogens is 3. The first-order chi connectivity index (χ1) is 17.6. The molecule has 0 bridgehead atoms. The number of anilines is 1. The number of rotatable bonds is 4. The molecule has 196 valence electrons. The van der Waals surface area contributed by atoms with Gasteiger partial charge in [0.2, 0.25) is 5.91 Å². The van der Waals surface area contributed by atoms with E-state index in [-0.39, 0.29) is 11.5 Å². The lowest BCUT2D eigenvalue weighted by atomic mass is 9.83. The summed E-state index contributed by atoms with van der Waals surface area (Å²) in [6.45, 7) is 7.01. The summed E-state index contributed by atoms with van der Waals surface area (Å²) in [6, 6.07) is 4.93. The molecule has 8 nitrogen and oxygen atoms in total. The van der Waals surface area contributed by atoms with Crippen LogP contribution in [0, 0.1) is 12.7 Å². The highest BCUT2D eigenvalue weighted by Gasteiger charge is 2.39. The number of nitrogens with zero attached hydrogens (tertiary/aromatic N) is 5. The van der Waals surface area contributed by atoms with E-state index in [0.29, 0.717) is 67.3 Å². The molecular weight excluding hydrogens is 485 g/mol. The van der Waals surface area contributed by atoms with Gasteiger partial charge in [0.05, 0.1) is 22.8 Å². The summed E-state index contributed by atoms with van der Waals surface area (Å²) in [7, 11) is 0. The minimum absolute atomic E-state index is 0.0274. The lowest BCUT2D eigenvalue weighted by Gasteiger charge is -2.39. The molecule has 0 aromatic heterocycles. The minimum atomic E-state index is -2.93. The van der Waals surface area contributed by atoms with Crippen LogP contribution in [0.25, 0.3) is 11.4 Å². The van der Waals surface area contributed by atoms with Gasteiger partial charge >= 0.3 is 0 Å². The van der Waals surface area contributed by atoms with Crippen molar-refractivity contribution in [2.45, 2.75) is 58.2 Å². The number of fused-ring (bicyclic) bond motifs is 3. The van der Waals surface area contributed by atoms with Gasteiger partial charge in [-0.2, -0.15) is 0 Å². The molecular formula is C26H29F3N6O2. The van der Waals surface area contributed by atoms with Crippen LogP contribution in [-0.4, -0.2) is 50.1 Å². The molecule has 37 heavy (non-hydrogen) atoms. The summed E-state index contributed by atoms with van der Waals surface area (Å²) in [5.41, 5.74) is -0.252. The number of aryl methyl sites for hydroxylation is 1. The molecule has 1 atom stereocenters. The second-order valence-electron chi connectivity index (χ2n) is 9.71. The standard InChI is InChI=1S/C26H29F3N6O2/c1-14(17-5-4-6-18(21(17)27)22(28)29)31-23-19-13-20(26(37)7-10-34(11-8-26)16(3)36)25-30-9-12-35(25)24(19)33-15(2)32-23/h4-6,13-14,22,30,37H,7-12H2,1-3H3/t14-/m1/s1. The summed E-state index contributed by atoms with van der Waals surface area (Å²) in [4.78, 5) is 27.3. The number of nitrogens with one attached hydrogen (secondary N) is 1. The predicted octanol–water partition coefficient (Wildman–Crippen LogP) is 3.69. The maximum Gasteiger partial charge on any atom is 0.266 e. The molecule has 4 aliphatic rings. The molecule has 5 rings (SSSR count). The van der Waals surface area contributed by atoms with Gasteiger partial charge in [-0.05, 0) is 32.8 Å². The molecule has 0 unspecified atom stereocenters. The average Bonchev–Trinajstić information content (AvgIpc) is 3.34. The second-order valence-corrected chi connectivity index (χ2v) is 9.71. The Balaban J connectivity index is 1.65. The quantitative estimate of drug-likeness (QED) is 0.554. The Hall–Kier alpha value is -3.47. The van der Waals surface area contributed by atoms with E-state index in [1.807, 2.05) is 10.6 Å². The van der Waals surface area contributed by atoms with E-state index < -0.39 is 29.4 Å². The fourth-order valence-electron chi connectivity index (χ4n) is 5.27. The summed E-state index contributed by atoms with van der Waals surface area (Å²) in [5, 5.41) is 15.1. The first-order valence-corrected chi connectivity index (χ1v) is 12.3. The summed E-state index contributed by atoms with van der Waals surface area (Å²) < 4.78 is 43.4. The van der Waals surface area contributed by atoms with Gasteiger partial charge in [0, 0.05) is 44.2 Å². The number of piperidine rings is 1. The van der Waals surface area contributed by atoms with Gasteiger partial charge in [-0.3, -0.25) is 9.79 Å². The van der Waals surface area contributed by atoms with E-state index in [4.69, 9.17) is 0 Å². The fraction of sp³-hybridized carbons (Fsp3) is 0.462. The Morgan fingerprint density at radius 3 is 2.57 bits per heavy atom. The Kier molecular flexibility index (Phi) is 6.43. The third-order valence-electron chi connectivity index (χ3n) is 7.31. The number of hydrogen-bond donors (Lipinski definition) is 2. The number of carbonyl (C=O) groups is 1. The highest BCUT2D eigenvalue weighted by atomic mass is 19.3. The number of aliphatic hydroxyl groups is 1. The molecule has 1 aromatic carbocycles. The molecule has 4 heterocycles. The highest BCUT2D eigenvalue weighted by Crippen LogP contribution is 2.41. The Bertz CT molecular complexity index is 1400. The van der Waals surface area contributed by atoms with Crippen molar-refractivity contribution in [3.63, 3.8) is 0 Å². The van der Waals surface area contributed by atoms with E-state index in [9.17, 15) is 23.1 Å². The van der Waals surface area contributed by atoms with Crippen molar-refractivity contribution in [3.8, 4) is 11.4 Å². The third-order valence-corrected chi connectivity index (χ3v) is 7.31. The van der Waals surface area contributed by atoms with Crippen molar-refractivity contribution in [2.75, 3.05) is 25.0 Å². The second kappa shape index (κ2) is 9.44. The molecule has 1 saturated heterocycles. The molecule has 0 saturated carbocycles. The first kappa shape index (κ1) is 25.2. The lowest BCUT2D eigenvalue weighted by molar-refractivity contribution is -0.133. The zero-order valence-electron chi connectivity index (χ0n) is 20.9. The van der Waals surface area contributed by atoms with Crippen LogP contribution in [0.4, 0.5) is 19.0 Å². The minimum Gasteiger partial charge on any atom is -0.385 e. The van der Waals surface area contributed by atoms with Crippen LogP contribution in [-0.2, 0) is 16.9 Å². The normalized spacial score (nSPS) is 18.3. The van der Waals surface area contributed by atoms with Crippen LogP contribution < -0.4 is 10.8 Å². The van der Waals surface area contributed by atoms with Crippen LogP contribution in [0.15, 0.2) is 29.3 Å². The third kappa shape index (κ3) is 4.45. The number of pyridine rings is 1. The van der Waals surface area contributed by atoms with Crippen molar-refractivity contribution in [3.05, 3.63) is 58.1 Å². The summed E-state index contributed by atoms with van der Waals surface area (Å²) >= 11 is 0. The molecule has 0 spiro atoms. The Morgan fingerprint density at radius 2 is 1.89 bits per heavy atom. The Morgan fingerprint density at radius 1 is 1.19 bits per heavy atom. The molecule has 1 amide bonds. The highest BCUT2D eigenvalue weighted by molar-refractivity contribution is 5.73. The molecule has 11 heteroatoms. The number of benzene rings is 1. The SMILES string of the molecule is CC(=O)N1CCC(O)(c2cc3c(=N[C@H](C)c4cccc(C(F)F)c4F)nc(C)nc-3n3c2NCC3)CC1.